The third-order valence-corrected chi connectivity index (χ3v) is 3.56. The zero-order valence-corrected chi connectivity index (χ0v) is 10.5. The Morgan fingerprint density at radius 1 is 1.32 bits per heavy atom. The van der Waals surface area contributed by atoms with Crippen LogP contribution in [0.2, 0.25) is 0 Å². The second-order valence-corrected chi connectivity index (χ2v) is 4.94. The molecule has 1 aliphatic carbocycles. The van der Waals surface area contributed by atoms with Crippen molar-refractivity contribution in [2.24, 2.45) is 11.8 Å². The second-order valence-electron chi connectivity index (χ2n) is 4.94. The van der Waals surface area contributed by atoms with E-state index in [0.29, 0.717) is 17.7 Å². The summed E-state index contributed by atoms with van der Waals surface area (Å²) in [6.45, 7) is 1.65. The first-order chi connectivity index (χ1) is 9.13. The number of piperidine rings is 1. The molecule has 1 saturated carbocycles. The van der Waals surface area contributed by atoms with Crippen molar-refractivity contribution in [3.63, 3.8) is 0 Å². The van der Waals surface area contributed by atoms with E-state index in [-0.39, 0.29) is 30.3 Å². The van der Waals surface area contributed by atoms with Crippen molar-refractivity contribution in [3.05, 3.63) is 29.3 Å². The summed E-state index contributed by atoms with van der Waals surface area (Å²) in [4.78, 5) is 25.5. The summed E-state index contributed by atoms with van der Waals surface area (Å²) in [5.41, 5.74) is 2.11. The third kappa shape index (κ3) is 1.83. The standard InChI is InChI=1S/C15H13NO3/c1-9-4-5-10(3-2-6-17)13(7-9)16-14(18)11-8-12(11)15(16)19/h4-5,7,11-12,17H,6,8H2,1H3. The summed E-state index contributed by atoms with van der Waals surface area (Å²) in [5, 5.41) is 8.77. The zero-order chi connectivity index (χ0) is 13.6. The van der Waals surface area contributed by atoms with E-state index < -0.39 is 0 Å². The largest absolute Gasteiger partial charge is 0.384 e. The van der Waals surface area contributed by atoms with Gasteiger partial charge >= 0.3 is 0 Å². The highest BCUT2D eigenvalue weighted by Crippen LogP contribution is 2.48. The Bertz CT molecular complexity index is 619. The Kier molecular flexibility index (Phi) is 2.65. The Morgan fingerprint density at radius 2 is 2.00 bits per heavy atom. The van der Waals surface area contributed by atoms with Gasteiger partial charge in [-0.25, -0.2) is 4.90 Å². The first kappa shape index (κ1) is 11.9. The van der Waals surface area contributed by atoms with E-state index in [2.05, 4.69) is 11.8 Å². The number of aryl methyl sites for hydroxylation is 1. The number of carbonyl (C=O) groups is 2. The summed E-state index contributed by atoms with van der Waals surface area (Å²) >= 11 is 0. The topological polar surface area (TPSA) is 57.6 Å². The lowest BCUT2D eigenvalue weighted by atomic mass is 10.1. The molecule has 1 saturated heterocycles. The molecule has 2 amide bonds. The molecule has 2 unspecified atom stereocenters. The molecule has 0 radical (unpaired) electrons. The molecule has 2 aliphatic rings. The number of carbonyl (C=O) groups excluding carboxylic acids is 2. The van der Waals surface area contributed by atoms with Gasteiger partial charge < -0.3 is 5.11 Å². The van der Waals surface area contributed by atoms with Gasteiger partial charge in [0.25, 0.3) is 0 Å². The number of hydrogen-bond donors (Lipinski definition) is 1. The summed E-state index contributed by atoms with van der Waals surface area (Å²) in [7, 11) is 0. The first-order valence-corrected chi connectivity index (χ1v) is 6.21. The number of amides is 2. The predicted octanol–water partition coefficient (Wildman–Crippen LogP) is 0.848. The van der Waals surface area contributed by atoms with Crippen LogP contribution in [0.25, 0.3) is 0 Å². The number of imide groups is 1. The molecule has 0 spiro atoms. The number of hydrogen-bond acceptors (Lipinski definition) is 3. The lowest BCUT2D eigenvalue weighted by Gasteiger charge is -2.18. The van der Waals surface area contributed by atoms with E-state index in [0.717, 1.165) is 5.56 Å². The number of nitrogens with zero attached hydrogens (tertiary/aromatic N) is 1. The fourth-order valence-electron chi connectivity index (χ4n) is 2.49. The number of anilines is 1. The quantitative estimate of drug-likeness (QED) is 0.598. The minimum absolute atomic E-state index is 0.118. The Hall–Kier alpha value is -2.12. The number of aliphatic hydroxyl groups excluding tert-OH is 1. The third-order valence-electron chi connectivity index (χ3n) is 3.56. The number of benzene rings is 1. The summed E-state index contributed by atoms with van der Waals surface area (Å²) in [6.07, 6.45) is 0.692. The summed E-state index contributed by atoms with van der Waals surface area (Å²) in [5.74, 6) is 4.87. The molecule has 1 aliphatic heterocycles. The van der Waals surface area contributed by atoms with E-state index in [1.165, 1.54) is 4.90 Å². The van der Waals surface area contributed by atoms with Crippen molar-refractivity contribution in [1.82, 2.24) is 0 Å². The highest BCUT2D eigenvalue weighted by molar-refractivity contribution is 6.25. The molecule has 4 heteroatoms. The van der Waals surface area contributed by atoms with Crippen molar-refractivity contribution in [2.45, 2.75) is 13.3 Å². The molecule has 1 heterocycles. The minimum atomic E-state index is -0.250. The molecule has 4 nitrogen and oxygen atoms in total. The molecule has 2 fully saturated rings. The number of fused-ring (bicyclic) bond motifs is 1. The molecule has 3 rings (SSSR count). The first-order valence-electron chi connectivity index (χ1n) is 6.21. The zero-order valence-electron chi connectivity index (χ0n) is 10.5. The molecule has 0 aromatic heterocycles. The van der Waals surface area contributed by atoms with Crippen LogP contribution in [-0.2, 0) is 9.59 Å². The highest BCUT2D eigenvalue weighted by atomic mass is 16.2. The van der Waals surface area contributed by atoms with Crippen LogP contribution < -0.4 is 4.90 Å². The van der Waals surface area contributed by atoms with Crippen LogP contribution in [0, 0.1) is 30.6 Å². The van der Waals surface area contributed by atoms with E-state index >= 15 is 0 Å². The molecule has 1 N–H and O–H groups in total. The summed E-state index contributed by atoms with van der Waals surface area (Å²) < 4.78 is 0. The Labute approximate surface area is 111 Å². The molecule has 96 valence electrons. The van der Waals surface area contributed by atoms with Crippen LogP contribution in [0.1, 0.15) is 17.5 Å². The smallest absolute Gasteiger partial charge is 0.237 e. The average molecular weight is 255 g/mol. The minimum Gasteiger partial charge on any atom is -0.384 e. The maximum Gasteiger partial charge on any atom is 0.237 e. The van der Waals surface area contributed by atoms with Gasteiger partial charge in [0.2, 0.25) is 11.8 Å². The van der Waals surface area contributed by atoms with Crippen molar-refractivity contribution in [3.8, 4) is 11.8 Å². The lowest BCUT2D eigenvalue weighted by molar-refractivity contribution is -0.123. The van der Waals surface area contributed by atoms with Crippen molar-refractivity contribution >= 4 is 17.5 Å². The van der Waals surface area contributed by atoms with Gasteiger partial charge in [-0.3, -0.25) is 9.59 Å². The van der Waals surface area contributed by atoms with Crippen LogP contribution in [0.15, 0.2) is 18.2 Å². The van der Waals surface area contributed by atoms with Crippen LogP contribution in [-0.4, -0.2) is 23.5 Å². The molecule has 0 bridgehead atoms. The fourth-order valence-corrected chi connectivity index (χ4v) is 2.49. The summed E-state index contributed by atoms with van der Waals surface area (Å²) in [6, 6.07) is 5.44. The number of rotatable bonds is 1. The van der Waals surface area contributed by atoms with Crippen molar-refractivity contribution < 1.29 is 14.7 Å². The van der Waals surface area contributed by atoms with E-state index in [9.17, 15) is 9.59 Å². The lowest BCUT2D eigenvalue weighted by Crippen LogP contribution is -2.33. The Balaban J connectivity index is 2.06. The molecule has 1 aromatic carbocycles. The maximum absolute atomic E-state index is 12.1. The SMILES string of the molecule is Cc1ccc(C#CCO)c(N2C(=O)C3CC3C2=O)c1. The molecular weight excluding hydrogens is 242 g/mol. The van der Waals surface area contributed by atoms with Gasteiger partial charge in [-0.05, 0) is 31.0 Å². The fraction of sp³-hybridized carbons (Fsp3) is 0.333. The Morgan fingerprint density at radius 3 is 2.63 bits per heavy atom. The molecule has 19 heavy (non-hydrogen) atoms. The van der Waals surface area contributed by atoms with Gasteiger partial charge in [0.05, 0.1) is 17.5 Å². The molecule has 2 atom stereocenters. The second kappa shape index (κ2) is 4.22. The van der Waals surface area contributed by atoms with Crippen molar-refractivity contribution in [2.75, 3.05) is 11.5 Å². The van der Waals surface area contributed by atoms with Crippen LogP contribution in [0.3, 0.4) is 0 Å². The molecule has 1 aromatic rings. The van der Waals surface area contributed by atoms with Gasteiger partial charge in [0, 0.05) is 5.56 Å². The van der Waals surface area contributed by atoms with Crippen molar-refractivity contribution in [1.29, 1.82) is 0 Å². The van der Waals surface area contributed by atoms with Gasteiger partial charge in [-0.1, -0.05) is 17.9 Å². The van der Waals surface area contributed by atoms with E-state index in [1.54, 1.807) is 12.1 Å². The van der Waals surface area contributed by atoms with Gasteiger partial charge in [-0.15, -0.1) is 0 Å². The van der Waals surface area contributed by atoms with Crippen LogP contribution in [0.5, 0.6) is 0 Å². The van der Waals surface area contributed by atoms with E-state index in [4.69, 9.17) is 5.11 Å². The normalized spacial score (nSPS) is 24.0. The monoisotopic (exact) mass is 255 g/mol. The van der Waals surface area contributed by atoms with Crippen LogP contribution >= 0.6 is 0 Å². The van der Waals surface area contributed by atoms with Gasteiger partial charge in [0.15, 0.2) is 0 Å². The number of aliphatic hydroxyl groups is 1. The predicted molar refractivity (Wildman–Crippen MR) is 69.2 cm³/mol. The highest BCUT2D eigenvalue weighted by Gasteiger charge is 2.59. The van der Waals surface area contributed by atoms with Gasteiger partial charge in [0.1, 0.15) is 6.61 Å². The maximum atomic E-state index is 12.1. The average Bonchev–Trinajstić information content (AvgIpc) is 3.13. The van der Waals surface area contributed by atoms with E-state index in [1.807, 2.05) is 13.0 Å². The van der Waals surface area contributed by atoms with Crippen LogP contribution in [0.4, 0.5) is 5.69 Å². The molecular formula is C15H13NO3. The van der Waals surface area contributed by atoms with Gasteiger partial charge in [-0.2, -0.15) is 0 Å².